The second-order valence-corrected chi connectivity index (χ2v) is 7.92. The number of hydrogen-bond acceptors (Lipinski definition) is 6. The molecule has 2 aromatic heterocycles. The minimum Gasteiger partial charge on any atom is -0.451 e. The highest BCUT2D eigenvalue weighted by atomic mass is 16.3. The summed E-state index contributed by atoms with van der Waals surface area (Å²) in [5.74, 6) is 0.958. The van der Waals surface area contributed by atoms with Gasteiger partial charge in [0.25, 0.3) is 5.91 Å². The first kappa shape index (κ1) is 19.4. The van der Waals surface area contributed by atoms with Crippen molar-refractivity contribution < 1.29 is 9.21 Å². The largest absolute Gasteiger partial charge is 0.451 e. The molecule has 2 atom stereocenters. The molecule has 8 nitrogen and oxygen atoms in total. The second kappa shape index (κ2) is 8.31. The molecule has 1 amide bonds. The Bertz CT molecular complexity index is 1150. The molecule has 0 aliphatic carbocycles. The highest BCUT2D eigenvalue weighted by molar-refractivity contribution is 5.96. The van der Waals surface area contributed by atoms with Gasteiger partial charge in [-0.2, -0.15) is 4.68 Å². The Kier molecular flexibility index (Phi) is 5.21. The summed E-state index contributed by atoms with van der Waals surface area (Å²) in [6, 6.07) is 19.4. The summed E-state index contributed by atoms with van der Waals surface area (Å²) in [6.45, 7) is 3.77. The Balaban J connectivity index is 1.28. The van der Waals surface area contributed by atoms with Crippen LogP contribution in [0.5, 0.6) is 0 Å². The number of hydrogen-bond donors (Lipinski definition) is 1. The van der Waals surface area contributed by atoms with Gasteiger partial charge in [-0.1, -0.05) is 36.4 Å². The minimum absolute atomic E-state index is 0.0149. The Morgan fingerprint density at radius 2 is 1.97 bits per heavy atom. The molecule has 2 unspecified atom stereocenters. The summed E-state index contributed by atoms with van der Waals surface area (Å²) >= 11 is 0. The quantitative estimate of drug-likeness (QED) is 0.537. The summed E-state index contributed by atoms with van der Waals surface area (Å²) in [4.78, 5) is 15.1. The zero-order valence-electron chi connectivity index (χ0n) is 17.3. The molecule has 3 heterocycles. The van der Waals surface area contributed by atoms with Crippen LogP contribution >= 0.6 is 0 Å². The number of carbonyl (C=O) groups is 1. The monoisotopic (exact) mass is 416 g/mol. The summed E-state index contributed by atoms with van der Waals surface area (Å²) in [6.07, 6.45) is 1.92. The fourth-order valence-corrected chi connectivity index (χ4v) is 4.20. The maximum atomic E-state index is 12.8. The molecule has 1 aliphatic heterocycles. The van der Waals surface area contributed by atoms with Gasteiger partial charge in [0, 0.05) is 18.0 Å². The van der Waals surface area contributed by atoms with E-state index in [1.165, 1.54) is 0 Å². The van der Waals surface area contributed by atoms with Gasteiger partial charge >= 0.3 is 0 Å². The molecule has 1 fully saturated rings. The number of nitrogens with zero attached hydrogens (tertiary/aromatic N) is 5. The summed E-state index contributed by atoms with van der Waals surface area (Å²) < 4.78 is 7.49. The van der Waals surface area contributed by atoms with E-state index in [4.69, 9.17) is 4.42 Å². The van der Waals surface area contributed by atoms with E-state index in [0.717, 1.165) is 48.4 Å². The lowest BCUT2D eigenvalue weighted by Gasteiger charge is -2.36. The molecule has 5 rings (SSSR count). The normalized spacial score (nSPS) is 18.2. The fraction of sp³-hybridized carbons (Fsp3) is 0.304. The van der Waals surface area contributed by atoms with Gasteiger partial charge in [0.2, 0.25) is 0 Å². The van der Waals surface area contributed by atoms with E-state index in [9.17, 15) is 4.79 Å². The van der Waals surface area contributed by atoms with Crippen molar-refractivity contribution in [1.29, 1.82) is 0 Å². The predicted octanol–water partition coefficient (Wildman–Crippen LogP) is 3.36. The van der Waals surface area contributed by atoms with Gasteiger partial charge in [-0.15, -0.1) is 5.10 Å². The van der Waals surface area contributed by atoms with Crippen LogP contribution < -0.4 is 5.32 Å². The number of furan rings is 1. The zero-order chi connectivity index (χ0) is 21.2. The van der Waals surface area contributed by atoms with E-state index in [1.807, 2.05) is 54.6 Å². The summed E-state index contributed by atoms with van der Waals surface area (Å²) in [5.41, 5.74) is 1.65. The van der Waals surface area contributed by atoms with Crippen LogP contribution in [0.3, 0.4) is 0 Å². The van der Waals surface area contributed by atoms with Crippen molar-refractivity contribution in [2.75, 3.05) is 13.1 Å². The number of likely N-dealkylation sites (tertiary alicyclic amines) is 1. The second-order valence-electron chi connectivity index (χ2n) is 7.92. The lowest BCUT2D eigenvalue weighted by Crippen LogP contribution is -2.48. The van der Waals surface area contributed by atoms with E-state index < -0.39 is 0 Å². The average Bonchev–Trinajstić information content (AvgIpc) is 3.47. The topological polar surface area (TPSA) is 89.1 Å². The van der Waals surface area contributed by atoms with Crippen LogP contribution in [0.4, 0.5) is 0 Å². The molecule has 1 aliphatic rings. The van der Waals surface area contributed by atoms with E-state index in [1.54, 1.807) is 10.7 Å². The standard InChI is InChI=1S/C23H24N6O2/c1-16(22-25-26-27-29(22)19-10-3-2-4-11-19)28-13-7-9-18(15-28)24-23(30)21-14-17-8-5-6-12-20(17)31-21/h2-6,8,10-12,14,16,18H,7,9,13,15H2,1H3,(H,24,30). The number of nitrogens with one attached hydrogen (secondary N) is 1. The zero-order valence-corrected chi connectivity index (χ0v) is 17.3. The third-order valence-corrected chi connectivity index (χ3v) is 5.85. The molecule has 8 heteroatoms. The smallest absolute Gasteiger partial charge is 0.287 e. The van der Waals surface area contributed by atoms with E-state index in [2.05, 4.69) is 32.7 Å². The van der Waals surface area contributed by atoms with Crippen LogP contribution in [-0.2, 0) is 0 Å². The molecule has 4 aromatic rings. The van der Waals surface area contributed by atoms with Crippen LogP contribution in [0.2, 0.25) is 0 Å². The van der Waals surface area contributed by atoms with Crippen LogP contribution in [0.1, 0.15) is 42.2 Å². The third kappa shape index (κ3) is 3.94. The Morgan fingerprint density at radius 3 is 2.81 bits per heavy atom. The molecule has 0 radical (unpaired) electrons. The third-order valence-electron chi connectivity index (χ3n) is 5.85. The molecule has 0 bridgehead atoms. The Hall–Kier alpha value is -3.52. The molecule has 158 valence electrons. The maximum Gasteiger partial charge on any atom is 0.287 e. The number of tetrazole rings is 1. The van der Waals surface area contributed by atoms with E-state index in [0.29, 0.717) is 5.76 Å². The van der Waals surface area contributed by atoms with Crippen molar-refractivity contribution in [3.05, 3.63) is 72.2 Å². The highest BCUT2D eigenvalue weighted by Gasteiger charge is 2.29. The van der Waals surface area contributed by atoms with Gasteiger partial charge in [0.05, 0.1) is 11.7 Å². The van der Waals surface area contributed by atoms with Crippen molar-refractivity contribution in [1.82, 2.24) is 30.4 Å². The number of piperidine rings is 1. The van der Waals surface area contributed by atoms with E-state index >= 15 is 0 Å². The average molecular weight is 416 g/mol. The molecule has 2 aromatic carbocycles. The SMILES string of the molecule is CC(c1nnnn1-c1ccccc1)N1CCCC(NC(=O)c2cc3ccccc3o2)C1. The number of fused-ring (bicyclic) bond motifs is 1. The summed E-state index contributed by atoms with van der Waals surface area (Å²) in [5, 5.41) is 16.4. The molecule has 31 heavy (non-hydrogen) atoms. The number of aromatic nitrogens is 4. The van der Waals surface area contributed by atoms with Crippen molar-refractivity contribution in [3.63, 3.8) is 0 Å². The molecule has 0 spiro atoms. The van der Waals surface area contributed by atoms with Crippen molar-refractivity contribution in [2.24, 2.45) is 0 Å². The number of amides is 1. The first-order valence-corrected chi connectivity index (χ1v) is 10.6. The predicted molar refractivity (Wildman–Crippen MR) is 116 cm³/mol. The number of benzene rings is 2. The first-order chi connectivity index (χ1) is 15.2. The molecular weight excluding hydrogens is 392 g/mol. The fourth-order valence-electron chi connectivity index (χ4n) is 4.20. The first-order valence-electron chi connectivity index (χ1n) is 10.6. The van der Waals surface area contributed by atoms with Crippen LogP contribution in [0, 0.1) is 0 Å². The number of para-hydroxylation sites is 2. The van der Waals surface area contributed by atoms with Gasteiger partial charge in [0.1, 0.15) is 5.58 Å². The highest BCUT2D eigenvalue weighted by Crippen LogP contribution is 2.25. The van der Waals surface area contributed by atoms with Crippen molar-refractivity contribution in [2.45, 2.75) is 31.8 Å². The lowest BCUT2D eigenvalue weighted by atomic mass is 10.0. The number of rotatable bonds is 5. The Morgan fingerprint density at radius 1 is 1.16 bits per heavy atom. The van der Waals surface area contributed by atoms with Crippen molar-refractivity contribution >= 4 is 16.9 Å². The van der Waals surface area contributed by atoms with Gasteiger partial charge in [-0.25, -0.2) is 0 Å². The Labute approximate surface area is 179 Å². The van der Waals surface area contributed by atoms with E-state index in [-0.39, 0.29) is 18.0 Å². The van der Waals surface area contributed by atoms with Crippen LogP contribution in [-0.4, -0.2) is 50.1 Å². The van der Waals surface area contributed by atoms with Crippen LogP contribution in [0.15, 0.2) is 65.1 Å². The van der Waals surface area contributed by atoms with Gasteiger partial charge in [-0.05, 0) is 61.0 Å². The van der Waals surface area contributed by atoms with Crippen molar-refractivity contribution in [3.8, 4) is 5.69 Å². The summed E-state index contributed by atoms with van der Waals surface area (Å²) in [7, 11) is 0. The molecule has 1 N–H and O–H groups in total. The molecular formula is C23H24N6O2. The molecule has 1 saturated heterocycles. The van der Waals surface area contributed by atoms with Crippen LogP contribution in [0.25, 0.3) is 16.7 Å². The maximum absolute atomic E-state index is 12.8. The van der Waals surface area contributed by atoms with Gasteiger partial charge in [-0.3, -0.25) is 9.69 Å². The minimum atomic E-state index is -0.176. The molecule has 0 saturated carbocycles. The lowest BCUT2D eigenvalue weighted by molar-refractivity contribution is 0.0851. The number of carbonyl (C=O) groups excluding carboxylic acids is 1. The van der Waals surface area contributed by atoms with Gasteiger partial charge in [0.15, 0.2) is 11.6 Å². The van der Waals surface area contributed by atoms with Gasteiger partial charge < -0.3 is 9.73 Å².